The minimum Gasteiger partial charge on any atom is -0.508 e. The molecule has 0 bridgehead atoms. The highest BCUT2D eigenvalue weighted by Gasteiger charge is 2.33. The minimum absolute atomic E-state index is 0.145. The maximum Gasteiger partial charge on any atom is 0.228 e. The number of ether oxygens (including phenoxy) is 1. The zero-order valence-electron chi connectivity index (χ0n) is 15.7. The van der Waals surface area contributed by atoms with E-state index < -0.39 is 0 Å². The van der Waals surface area contributed by atoms with Gasteiger partial charge in [0.2, 0.25) is 5.88 Å². The van der Waals surface area contributed by atoms with Gasteiger partial charge in [0.1, 0.15) is 17.8 Å². The molecule has 2 aromatic carbocycles. The van der Waals surface area contributed by atoms with Crippen molar-refractivity contribution >= 4 is 5.65 Å². The number of fused-ring (bicyclic) bond motifs is 4. The number of aromatic nitrogens is 5. The quantitative estimate of drug-likeness (QED) is 0.475. The number of phenols is 1. The van der Waals surface area contributed by atoms with E-state index in [1.807, 2.05) is 36.4 Å². The van der Waals surface area contributed by atoms with Gasteiger partial charge in [-0.1, -0.05) is 36.4 Å². The van der Waals surface area contributed by atoms with Crippen molar-refractivity contribution in [1.82, 2.24) is 24.6 Å². The molecule has 0 amide bonds. The highest BCUT2D eigenvalue weighted by molar-refractivity contribution is 5.68. The third-order valence-electron chi connectivity index (χ3n) is 5.24. The molecule has 0 radical (unpaired) electrons. The van der Waals surface area contributed by atoms with Gasteiger partial charge in [-0.3, -0.25) is 4.98 Å². The first-order valence-electron chi connectivity index (χ1n) is 9.49. The van der Waals surface area contributed by atoms with Crippen molar-refractivity contribution in [2.75, 3.05) is 0 Å². The van der Waals surface area contributed by atoms with Gasteiger partial charge in [0.15, 0.2) is 11.5 Å². The minimum atomic E-state index is -0.160. The Bertz CT molecular complexity index is 1380. The SMILES string of the molecule is Oc1ccc2c(c1)Oc1ncn3nc(-c4cccnc4)nc3c1[C@@H]2c1ccccc1. The molecule has 0 unspecified atom stereocenters. The zero-order valence-corrected chi connectivity index (χ0v) is 15.7. The maximum atomic E-state index is 9.96. The predicted octanol–water partition coefficient (Wildman–Crippen LogP) is 4.18. The normalized spacial score (nSPS) is 14.7. The molecule has 4 heterocycles. The lowest BCUT2D eigenvalue weighted by molar-refractivity contribution is 0.422. The van der Waals surface area contributed by atoms with E-state index in [0.29, 0.717) is 23.1 Å². The molecule has 3 aromatic heterocycles. The van der Waals surface area contributed by atoms with Gasteiger partial charge in [-0.15, -0.1) is 5.10 Å². The summed E-state index contributed by atoms with van der Waals surface area (Å²) < 4.78 is 7.74. The molecule has 0 fully saturated rings. The summed E-state index contributed by atoms with van der Waals surface area (Å²) in [6, 6.07) is 19.1. The average molecular weight is 393 g/mol. The second-order valence-electron chi connectivity index (χ2n) is 7.08. The number of aromatic hydroxyl groups is 1. The lowest BCUT2D eigenvalue weighted by atomic mass is 9.84. The molecule has 0 aliphatic carbocycles. The standard InChI is InChI=1S/C23H15N5O2/c29-16-8-9-17-18(11-16)30-23-20(19(17)14-5-2-1-3-6-14)22-26-21(27-28(22)13-25-23)15-7-4-10-24-12-15/h1-13,19,29H/t19-/m1/s1. The Hall–Kier alpha value is -4.26. The molecule has 6 rings (SSSR count). The number of hydrogen-bond acceptors (Lipinski definition) is 6. The van der Waals surface area contributed by atoms with Gasteiger partial charge in [0.05, 0.1) is 5.56 Å². The fourth-order valence-electron chi connectivity index (χ4n) is 3.91. The molecular formula is C23H15N5O2. The Kier molecular flexibility index (Phi) is 3.55. The van der Waals surface area contributed by atoms with Crippen LogP contribution in [-0.4, -0.2) is 29.7 Å². The first-order valence-corrected chi connectivity index (χ1v) is 9.49. The zero-order chi connectivity index (χ0) is 20.1. The summed E-state index contributed by atoms with van der Waals surface area (Å²) in [7, 11) is 0. The number of hydrogen-bond donors (Lipinski definition) is 1. The molecule has 0 spiro atoms. The van der Waals surface area contributed by atoms with Gasteiger partial charge in [-0.25, -0.2) is 14.5 Å². The summed E-state index contributed by atoms with van der Waals surface area (Å²) in [5.74, 6) is 1.60. The summed E-state index contributed by atoms with van der Waals surface area (Å²) >= 11 is 0. The summed E-state index contributed by atoms with van der Waals surface area (Å²) in [5, 5.41) is 14.6. The first-order chi connectivity index (χ1) is 14.8. The van der Waals surface area contributed by atoms with Gasteiger partial charge >= 0.3 is 0 Å². The molecule has 0 saturated carbocycles. The van der Waals surface area contributed by atoms with Crippen molar-refractivity contribution in [3.63, 3.8) is 0 Å². The second kappa shape index (κ2) is 6.38. The van der Waals surface area contributed by atoms with Crippen LogP contribution in [-0.2, 0) is 0 Å². The Morgan fingerprint density at radius 1 is 1.00 bits per heavy atom. The van der Waals surface area contributed by atoms with Crippen LogP contribution >= 0.6 is 0 Å². The number of benzene rings is 2. The third-order valence-corrected chi connectivity index (χ3v) is 5.24. The highest BCUT2D eigenvalue weighted by atomic mass is 16.5. The van der Waals surface area contributed by atoms with E-state index in [4.69, 9.17) is 9.72 Å². The van der Waals surface area contributed by atoms with Crippen molar-refractivity contribution in [3.05, 3.63) is 96.1 Å². The molecule has 7 heteroatoms. The van der Waals surface area contributed by atoms with Crippen LogP contribution in [0.2, 0.25) is 0 Å². The van der Waals surface area contributed by atoms with Crippen LogP contribution < -0.4 is 4.74 Å². The van der Waals surface area contributed by atoms with Crippen molar-refractivity contribution in [2.24, 2.45) is 0 Å². The van der Waals surface area contributed by atoms with Crippen LogP contribution in [0, 0.1) is 0 Å². The van der Waals surface area contributed by atoms with E-state index in [0.717, 1.165) is 22.3 Å². The smallest absolute Gasteiger partial charge is 0.228 e. The lowest BCUT2D eigenvalue weighted by Gasteiger charge is -2.27. The molecule has 7 nitrogen and oxygen atoms in total. The van der Waals surface area contributed by atoms with Crippen LogP contribution in [0.25, 0.3) is 17.0 Å². The van der Waals surface area contributed by atoms with Crippen LogP contribution in [0.4, 0.5) is 0 Å². The number of pyridine rings is 1. The Morgan fingerprint density at radius 3 is 2.73 bits per heavy atom. The molecule has 30 heavy (non-hydrogen) atoms. The van der Waals surface area contributed by atoms with Crippen molar-refractivity contribution in [1.29, 1.82) is 0 Å². The molecular weight excluding hydrogens is 378 g/mol. The van der Waals surface area contributed by atoms with Crippen molar-refractivity contribution in [2.45, 2.75) is 5.92 Å². The summed E-state index contributed by atoms with van der Waals surface area (Å²) in [6.45, 7) is 0. The van der Waals surface area contributed by atoms with E-state index in [2.05, 4.69) is 27.2 Å². The Morgan fingerprint density at radius 2 is 1.90 bits per heavy atom. The average Bonchev–Trinajstić information content (AvgIpc) is 3.23. The fraction of sp³-hybridized carbons (Fsp3) is 0.0435. The summed E-state index contributed by atoms with van der Waals surface area (Å²) in [5.41, 5.74) is 4.35. The van der Waals surface area contributed by atoms with E-state index in [-0.39, 0.29) is 11.7 Å². The van der Waals surface area contributed by atoms with E-state index in [1.54, 1.807) is 35.4 Å². The largest absolute Gasteiger partial charge is 0.508 e. The number of rotatable bonds is 2. The van der Waals surface area contributed by atoms with E-state index in [1.165, 1.54) is 0 Å². The predicted molar refractivity (Wildman–Crippen MR) is 110 cm³/mol. The Balaban J connectivity index is 1.63. The van der Waals surface area contributed by atoms with E-state index in [9.17, 15) is 5.11 Å². The van der Waals surface area contributed by atoms with E-state index >= 15 is 0 Å². The van der Waals surface area contributed by atoms with Crippen LogP contribution in [0.5, 0.6) is 17.4 Å². The lowest BCUT2D eigenvalue weighted by Crippen LogP contribution is -2.14. The summed E-state index contributed by atoms with van der Waals surface area (Å²) in [6.07, 6.45) is 5.04. The molecule has 144 valence electrons. The monoisotopic (exact) mass is 393 g/mol. The molecule has 1 aliphatic rings. The molecule has 1 aliphatic heterocycles. The molecule has 1 N–H and O–H groups in total. The highest BCUT2D eigenvalue weighted by Crippen LogP contribution is 2.48. The topological polar surface area (TPSA) is 85.4 Å². The molecule has 0 saturated heterocycles. The number of nitrogens with zero attached hydrogens (tertiary/aromatic N) is 5. The van der Waals surface area contributed by atoms with Crippen LogP contribution in [0.15, 0.2) is 79.4 Å². The van der Waals surface area contributed by atoms with Crippen molar-refractivity contribution < 1.29 is 9.84 Å². The summed E-state index contributed by atoms with van der Waals surface area (Å²) in [4.78, 5) is 13.5. The first kappa shape index (κ1) is 16.7. The van der Waals surface area contributed by atoms with Gasteiger partial charge in [-0.2, -0.15) is 0 Å². The van der Waals surface area contributed by atoms with Gasteiger partial charge in [-0.05, 0) is 23.8 Å². The van der Waals surface area contributed by atoms with Crippen LogP contribution in [0.3, 0.4) is 0 Å². The maximum absolute atomic E-state index is 9.96. The third kappa shape index (κ3) is 2.52. The Labute approximate surface area is 171 Å². The van der Waals surface area contributed by atoms with Crippen molar-refractivity contribution in [3.8, 4) is 28.8 Å². The van der Waals surface area contributed by atoms with Gasteiger partial charge in [0, 0.05) is 35.5 Å². The molecule has 1 atom stereocenters. The van der Waals surface area contributed by atoms with Gasteiger partial charge in [0.25, 0.3) is 0 Å². The fourth-order valence-corrected chi connectivity index (χ4v) is 3.91. The van der Waals surface area contributed by atoms with Gasteiger partial charge < -0.3 is 9.84 Å². The molecule has 5 aromatic rings. The number of phenolic OH excluding ortho intramolecular Hbond substituents is 1. The van der Waals surface area contributed by atoms with Crippen LogP contribution in [0.1, 0.15) is 22.6 Å². The second-order valence-corrected chi connectivity index (χ2v) is 7.08.